The van der Waals surface area contributed by atoms with E-state index in [0.717, 1.165) is 56.8 Å². The smallest absolute Gasteiger partial charge is 0.193 e. The molecule has 1 saturated heterocycles. The molecule has 1 aromatic heterocycles. The summed E-state index contributed by atoms with van der Waals surface area (Å²) in [5, 5.41) is 4.21. The highest BCUT2D eigenvalue weighted by Gasteiger charge is 2.21. The molecule has 5 nitrogen and oxygen atoms in total. The van der Waals surface area contributed by atoms with Crippen LogP contribution in [-0.4, -0.2) is 57.6 Å². The molecule has 0 spiro atoms. The zero-order valence-electron chi connectivity index (χ0n) is 15.1. The minimum atomic E-state index is 0.738. The normalized spacial score (nSPS) is 21.7. The molecule has 0 aromatic carbocycles. The van der Waals surface area contributed by atoms with Gasteiger partial charge in [0.25, 0.3) is 0 Å². The molecule has 1 aromatic rings. The van der Waals surface area contributed by atoms with Crippen molar-refractivity contribution < 1.29 is 0 Å². The fourth-order valence-electron chi connectivity index (χ4n) is 3.45. The predicted octanol–water partition coefficient (Wildman–Crippen LogP) is 2.55. The van der Waals surface area contributed by atoms with Crippen molar-refractivity contribution in [2.75, 3.05) is 31.9 Å². The van der Waals surface area contributed by atoms with Crippen LogP contribution in [0.3, 0.4) is 0 Å². The lowest BCUT2D eigenvalue weighted by Crippen LogP contribution is -2.48. The molecule has 0 radical (unpaired) electrons. The van der Waals surface area contributed by atoms with E-state index in [0.29, 0.717) is 0 Å². The van der Waals surface area contributed by atoms with Crippen LogP contribution in [0.1, 0.15) is 44.6 Å². The van der Waals surface area contributed by atoms with E-state index < -0.39 is 0 Å². The Bertz CT molecular complexity index is 530. The minimum Gasteiger partial charge on any atom is -0.357 e. The molecule has 1 N–H and O–H groups in total. The van der Waals surface area contributed by atoms with Crippen LogP contribution < -0.4 is 5.32 Å². The number of fused-ring (bicyclic) bond motifs is 1. The Balaban J connectivity index is 1.58. The minimum absolute atomic E-state index is 0.738. The van der Waals surface area contributed by atoms with Gasteiger partial charge in [-0.05, 0) is 26.2 Å². The van der Waals surface area contributed by atoms with Crippen molar-refractivity contribution in [2.45, 2.75) is 57.7 Å². The standard InChI is InChI=1S/C18H31N5S/c1-3-16-14-23(11-12-24-16)18(19-4-2)20-9-8-15-13-22-10-6-5-7-17(22)21-15/h13,16H,3-12,14H2,1-2H3,(H,19,20). The molecule has 6 heteroatoms. The second-order valence-corrected chi connectivity index (χ2v) is 8.04. The molecule has 1 fully saturated rings. The van der Waals surface area contributed by atoms with Crippen molar-refractivity contribution in [3.63, 3.8) is 0 Å². The fraction of sp³-hybridized carbons (Fsp3) is 0.778. The highest BCUT2D eigenvalue weighted by molar-refractivity contribution is 8.00. The maximum atomic E-state index is 4.88. The largest absolute Gasteiger partial charge is 0.357 e. The van der Waals surface area contributed by atoms with Crippen LogP contribution >= 0.6 is 11.8 Å². The number of hydrogen-bond acceptors (Lipinski definition) is 3. The van der Waals surface area contributed by atoms with Gasteiger partial charge >= 0.3 is 0 Å². The molecular weight excluding hydrogens is 318 g/mol. The third-order valence-corrected chi connectivity index (χ3v) is 6.19. The van der Waals surface area contributed by atoms with Gasteiger partial charge in [0.2, 0.25) is 0 Å². The van der Waals surface area contributed by atoms with Crippen LogP contribution in [0.15, 0.2) is 11.2 Å². The summed E-state index contributed by atoms with van der Waals surface area (Å²) in [6.45, 7) is 9.54. The van der Waals surface area contributed by atoms with E-state index in [2.05, 4.69) is 46.6 Å². The molecule has 134 valence electrons. The number of nitrogens with one attached hydrogen (secondary N) is 1. The Hall–Kier alpha value is -1.17. The number of imidazole rings is 1. The highest BCUT2D eigenvalue weighted by Crippen LogP contribution is 2.21. The van der Waals surface area contributed by atoms with Crippen LogP contribution in [0, 0.1) is 0 Å². The van der Waals surface area contributed by atoms with Gasteiger partial charge in [-0.25, -0.2) is 4.98 Å². The van der Waals surface area contributed by atoms with Gasteiger partial charge in [-0.2, -0.15) is 11.8 Å². The van der Waals surface area contributed by atoms with Crippen LogP contribution in [-0.2, 0) is 19.4 Å². The summed E-state index contributed by atoms with van der Waals surface area (Å²) in [6, 6.07) is 0. The van der Waals surface area contributed by atoms with Crippen molar-refractivity contribution in [2.24, 2.45) is 4.99 Å². The quantitative estimate of drug-likeness (QED) is 0.655. The predicted molar refractivity (Wildman–Crippen MR) is 103 cm³/mol. The average Bonchev–Trinajstić information content (AvgIpc) is 3.04. The van der Waals surface area contributed by atoms with Crippen molar-refractivity contribution in [3.05, 3.63) is 17.7 Å². The lowest BCUT2D eigenvalue weighted by atomic mass is 10.2. The number of guanidine groups is 1. The molecule has 1 unspecified atom stereocenters. The van der Waals surface area contributed by atoms with E-state index in [4.69, 9.17) is 9.98 Å². The monoisotopic (exact) mass is 349 g/mol. The number of aliphatic imine (C=N–C) groups is 1. The first-order chi connectivity index (χ1) is 11.8. The number of nitrogens with zero attached hydrogens (tertiary/aromatic N) is 4. The lowest BCUT2D eigenvalue weighted by molar-refractivity contribution is 0.408. The number of rotatable bonds is 5. The molecule has 0 saturated carbocycles. The van der Waals surface area contributed by atoms with Gasteiger partial charge in [0.05, 0.1) is 5.69 Å². The zero-order chi connectivity index (χ0) is 16.8. The topological polar surface area (TPSA) is 45.5 Å². The van der Waals surface area contributed by atoms with Gasteiger partial charge in [0.1, 0.15) is 5.82 Å². The molecule has 2 aliphatic rings. The number of aromatic nitrogens is 2. The maximum Gasteiger partial charge on any atom is 0.193 e. The summed E-state index contributed by atoms with van der Waals surface area (Å²) in [6.07, 6.45) is 8.12. The molecule has 0 bridgehead atoms. The molecule has 3 heterocycles. The van der Waals surface area contributed by atoms with E-state index in [9.17, 15) is 0 Å². The first-order valence-corrected chi connectivity index (χ1v) is 10.5. The summed E-state index contributed by atoms with van der Waals surface area (Å²) in [4.78, 5) is 12.1. The van der Waals surface area contributed by atoms with Gasteiger partial charge in [-0.1, -0.05) is 6.92 Å². The Labute approximate surface area is 150 Å². The Morgan fingerprint density at radius 2 is 2.29 bits per heavy atom. The maximum absolute atomic E-state index is 4.88. The van der Waals surface area contributed by atoms with Crippen molar-refractivity contribution >= 4 is 17.7 Å². The zero-order valence-corrected chi connectivity index (χ0v) is 15.9. The fourth-order valence-corrected chi connectivity index (χ4v) is 4.63. The van der Waals surface area contributed by atoms with Crippen LogP contribution in [0.4, 0.5) is 0 Å². The Morgan fingerprint density at radius 3 is 3.08 bits per heavy atom. The van der Waals surface area contributed by atoms with E-state index >= 15 is 0 Å². The first kappa shape index (κ1) is 17.6. The summed E-state index contributed by atoms with van der Waals surface area (Å²) < 4.78 is 2.33. The van der Waals surface area contributed by atoms with Crippen molar-refractivity contribution in [1.29, 1.82) is 0 Å². The molecule has 3 rings (SSSR count). The van der Waals surface area contributed by atoms with E-state index in [1.807, 2.05) is 0 Å². The number of thioether (sulfide) groups is 1. The lowest BCUT2D eigenvalue weighted by Gasteiger charge is -2.34. The van der Waals surface area contributed by atoms with Crippen LogP contribution in [0.25, 0.3) is 0 Å². The van der Waals surface area contributed by atoms with E-state index in [1.165, 1.54) is 36.5 Å². The second-order valence-electron chi connectivity index (χ2n) is 6.63. The van der Waals surface area contributed by atoms with Gasteiger partial charge in [0, 0.05) is 62.8 Å². The van der Waals surface area contributed by atoms with Crippen molar-refractivity contribution in [3.8, 4) is 0 Å². The summed E-state index contributed by atoms with van der Waals surface area (Å²) in [5.74, 6) is 3.56. The summed E-state index contributed by atoms with van der Waals surface area (Å²) >= 11 is 2.10. The molecule has 0 amide bonds. The molecule has 24 heavy (non-hydrogen) atoms. The van der Waals surface area contributed by atoms with E-state index in [1.54, 1.807) is 0 Å². The van der Waals surface area contributed by atoms with Crippen LogP contribution in [0.5, 0.6) is 0 Å². The van der Waals surface area contributed by atoms with Gasteiger partial charge in [0.15, 0.2) is 5.96 Å². The highest BCUT2D eigenvalue weighted by atomic mass is 32.2. The summed E-state index contributed by atoms with van der Waals surface area (Å²) in [5.41, 5.74) is 1.20. The first-order valence-electron chi connectivity index (χ1n) is 9.50. The Kier molecular flexibility index (Phi) is 6.46. The van der Waals surface area contributed by atoms with Crippen LogP contribution in [0.2, 0.25) is 0 Å². The molecular formula is C18H31N5S. The van der Waals surface area contributed by atoms with Gasteiger partial charge in [-0.15, -0.1) is 0 Å². The number of hydrogen-bond donors (Lipinski definition) is 1. The summed E-state index contributed by atoms with van der Waals surface area (Å²) in [7, 11) is 0. The van der Waals surface area contributed by atoms with E-state index in [-0.39, 0.29) is 0 Å². The molecule has 2 aliphatic heterocycles. The molecule has 1 atom stereocenters. The Morgan fingerprint density at radius 1 is 1.38 bits per heavy atom. The second kappa shape index (κ2) is 8.79. The third-order valence-electron chi connectivity index (χ3n) is 4.82. The van der Waals surface area contributed by atoms with Gasteiger partial charge in [-0.3, -0.25) is 4.99 Å². The van der Waals surface area contributed by atoms with Crippen molar-refractivity contribution in [1.82, 2.24) is 19.8 Å². The van der Waals surface area contributed by atoms with Gasteiger partial charge < -0.3 is 14.8 Å². The number of aryl methyl sites for hydroxylation is 2. The third kappa shape index (κ3) is 4.47. The SMILES string of the molecule is CCNC(=NCCc1cn2c(n1)CCCC2)N1CCSC(CC)C1. The molecule has 0 aliphatic carbocycles. The average molecular weight is 350 g/mol.